The molecule has 0 aliphatic heterocycles. The topological polar surface area (TPSA) is 43.6 Å². The first kappa shape index (κ1) is 9.15. The van der Waals surface area contributed by atoms with Crippen LogP contribution < -0.4 is 0 Å². The second-order valence-corrected chi connectivity index (χ2v) is 3.16. The second-order valence-electron chi connectivity index (χ2n) is 2.77. The van der Waals surface area contributed by atoms with E-state index in [-0.39, 0.29) is 0 Å². The minimum Gasteiger partial charge on any atom is -0.264 e. The molecule has 0 amide bonds. The smallest absolute Gasteiger partial charge is 0.151 e. The predicted molar refractivity (Wildman–Crippen MR) is 53.9 cm³/mol. The summed E-state index contributed by atoms with van der Waals surface area (Å²) in [5, 5.41) is 12.3. The van der Waals surface area contributed by atoms with Crippen LogP contribution >= 0.6 is 11.6 Å². The van der Waals surface area contributed by atoms with Gasteiger partial charge in [-0.25, -0.2) is 0 Å². The zero-order valence-corrected chi connectivity index (χ0v) is 8.44. The van der Waals surface area contributed by atoms with Crippen molar-refractivity contribution in [3.05, 3.63) is 29.5 Å². The Kier molecular flexibility index (Phi) is 2.45. The lowest BCUT2D eigenvalue weighted by atomic mass is 10.3. The number of rotatable bonds is 2. The Hall–Kier alpha value is -1.42. The van der Waals surface area contributed by atoms with Crippen LogP contribution in [0.1, 0.15) is 6.92 Å². The summed E-state index contributed by atoms with van der Waals surface area (Å²) in [5.74, 6) is 0. The van der Waals surface area contributed by atoms with E-state index in [2.05, 4.69) is 15.3 Å². The Morgan fingerprint density at radius 1 is 1.29 bits per heavy atom. The standard InChI is InChI=1S/C9H9ClN4/c1-2-14-8(5-6-11-14)7-3-4-9(10)13-12-7/h3-6H,2H2,1H3. The van der Waals surface area contributed by atoms with Crippen molar-refractivity contribution in [3.63, 3.8) is 0 Å². The fourth-order valence-corrected chi connectivity index (χ4v) is 1.36. The van der Waals surface area contributed by atoms with Crippen LogP contribution in [-0.4, -0.2) is 20.0 Å². The van der Waals surface area contributed by atoms with Gasteiger partial charge in [-0.3, -0.25) is 4.68 Å². The van der Waals surface area contributed by atoms with Crippen molar-refractivity contribution in [2.45, 2.75) is 13.5 Å². The molecule has 0 unspecified atom stereocenters. The van der Waals surface area contributed by atoms with E-state index in [4.69, 9.17) is 11.6 Å². The number of nitrogens with zero attached hydrogens (tertiary/aromatic N) is 4. The van der Waals surface area contributed by atoms with Crippen molar-refractivity contribution >= 4 is 11.6 Å². The van der Waals surface area contributed by atoms with E-state index in [1.165, 1.54) is 0 Å². The molecule has 0 saturated heterocycles. The van der Waals surface area contributed by atoms with Crippen LogP contribution in [0.3, 0.4) is 0 Å². The van der Waals surface area contributed by atoms with Crippen LogP contribution in [0.5, 0.6) is 0 Å². The van der Waals surface area contributed by atoms with E-state index in [1.807, 2.05) is 23.7 Å². The van der Waals surface area contributed by atoms with Gasteiger partial charge in [-0.1, -0.05) is 11.6 Å². The zero-order chi connectivity index (χ0) is 9.97. The summed E-state index contributed by atoms with van der Waals surface area (Å²) >= 11 is 5.65. The van der Waals surface area contributed by atoms with Gasteiger partial charge in [-0.05, 0) is 25.1 Å². The molecule has 2 heterocycles. The predicted octanol–water partition coefficient (Wildman–Crippen LogP) is 2.01. The summed E-state index contributed by atoms with van der Waals surface area (Å²) in [5.41, 5.74) is 1.74. The molecule has 5 heteroatoms. The lowest BCUT2D eigenvalue weighted by Crippen LogP contribution is -2.00. The SMILES string of the molecule is CCn1nccc1-c1ccc(Cl)nn1. The summed E-state index contributed by atoms with van der Waals surface area (Å²) in [6.07, 6.45) is 1.75. The van der Waals surface area contributed by atoms with Crippen LogP contribution in [0.15, 0.2) is 24.4 Å². The third kappa shape index (κ3) is 1.61. The van der Waals surface area contributed by atoms with Gasteiger partial charge in [0.15, 0.2) is 5.15 Å². The van der Waals surface area contributed by atoms with Gasteiger partial charge >= 0.3 is 0 Å². The summed E-state index contributed by atoms with van der Waals surface area (Å²) in [4.78, 5) is 0. The third-order valence-electron chi connectivity index (χ3n) is 1.91. The lowest BCUT2D eigenvalue weighted by molar-refractivity contribution is 0.664. The minimum absolute atomic E-state index is 0.399. The second kappa shape index (κ2) is 3.75. The number of aryl methyl sites for hydroxylation is 1. The van der Waals surface area contributed by atoms with Gasteiger partial charge in [-0.2, -0.15) is 5.10 Å². The van der Waals surface area contributed by atoms with Crippen molar-refractivity contribution < 1.29 is 0 Å². The van der Waals surface area contributed by atoms with E-state index in [0.29, 0.717) is 5.15 Å². The van der Waals surface area contributed by atoms with Gasteiger partial charge in [0.05, 0.1) is 5.69 Å². The Morgan fingerprint density at radius 3 is 2.79 bits per heavy atom. The molecule has 0 spiro atoms. The first-order chi connectivity index (χ1) is 6.81. The molecule has 0 atom stereocenters. The highest BCUT2D eigenvalue weighted by Crippen LogP contribution is 2.16. The van der Waals surface area contributed by atoms with Crippen LogP contribution in [0.4, 0.5) is 0 Å². The van der Waals surface area contributed by atoms with Gasteiger partial charge in [0.25, 0.3) is 0 Å². The molecular weight excluding hydrogens is 200 g/mol. The van der Waals surface area contributed by atoms with Gasteiger partial charge in [0, 0.05) is 12.7 Å². The van der Waals surface area contributed by atoms with Crippen LogP contribution in [0.25, 0.3) is 11.4 Å². The number of hydrogen-bond donors (Lipinski definition) is 0. The molecule has 2 rings (SSSR count). The van der Waals surface area contributed by atoms with Crippen molar-refractivity contribution in [3.8, 4) is 11.4 Å². The zero-order valence-electron chi connectivity index (χ0n) is 7.68. The van der Waals surface area contributed by atoms with Gasteiger partial charge < -0.3 is 0 Å². The normalized spacial score (nSPS) is 10.4. The quantitative estimate of drug-likeness (QED) is 0.759. The molecule has 2 aromatic rings. The Bertz CT molecular complexity index is 421. The Labute approximate surface area is 86.5 Å². The number of halogens is 1. The van der Waals surface area contributed by atoms with Crippen molar-refractivity contribution in [1.29, 1.82) is 0 Å². The molecule has 14 heavy (non-hydrogen) atoms. The maximum atomic E-state index is 5.65. The largest absolute Gasteiger partial charge is 0.264 e. The Morgan fingerprint density at radius 2 is 2.14 bits per heavy atom. The fourth-order valence-electron chi connectivity index (χ4n) is 1.25. The monoisotopic (exact) mass is 208 g/mol. The van der Waals surface area contributed by atoms with E-state index < -0.39 is 0 Å². The molecule has 2 aromatic heterocycles. The first-order valence-electron chi connectivity index (χ1n) is 4.32. The summed E-state index contributed by atoms with van der Waals surface area (Å²) in [6, 6.07) is 5.46. The molecule has 0 radical (unpaired) electrons. The van der Waals surface area contributed by atoms with Crippen LogP contribution in [0, 0.1) is 0 Å². The average molecular weight is 209 g/mol. The Balaban J connectivity index is 2.44. The molecule has 0 fully saturated rings. The van der Waals surface area contributed by atoms with Gasteiger partial charge in [-0.15, -0.1) is 10.2 Å². The highest BCUT2D eigenvalue weighted by Gasteiger charge is 2.05. The van der Waals surface area contributed by atoms with Gasteiger partial charge in [0.1, 0.15) is 5.69 Å². The van der Waals surface area contributed by atoms with Crippen molar-refractivity contribution in [2.75, 3.05) is 0 Å². The van der Waals surface area contributed by atoms with E-state index in [0.717, 1.165) is 17.9 Å². The molecule has 0 aromatic carbocycles. The van der Waals surface area contributed by atoms with E-state index >= 15 is 0 Å². The van der Waals surface area contributed by atoms with Crippen molar-refractivity contribution in [2.24, 2.45) is 0 Å². The third-order valence-corrected chi connectivity index (χ3v) is 2.11. The highest BCUT2D eigenvalue weighted by molar-refractivity contribution is 6.29. The summed E-state index contributed by atoms with van der Waals surface area (Å²) in [6.45, 7) is 2.84. The molecule has 0 aliphatic carbocycles. The first-order valence-corrected chi connectivity index (χ1v) is 4.70. The van der Waals surface area contributed by atoms with E-state index in [1.54, 1.807) is 12.3 Å². The lowest BCUT2D eigenvalue weighted by Gasteiger charge is -2.02. The summed E-state index contributed by atoms with van der Waals surface area (Å²) < 4.78 is 1.86. The average Bonchev–Trinajstić information content (AvgIpc) is 2.67. The summed E-state index contributed by atoms with van der Waals surface area (Å²) in [7, 11) is 0. The fraction of sp³-hybridized carbons (Fsp3) is 0.222. The van der Waals surface area contributed by atoms with E-state index in [9.17, 15) is 0 Å². The number of hydrogen-bond acceptors (Lipinski definition) is 3. The number of aromatic nitrogens is 4. The molecule has 72 valence electrons. The van der Waals surface area contributed by atoms with Crippen LogP contribution in [0.2, 0.25) is 5.15 Å². The molecule has 4 nitrogen and oxygen atoms in total. The maximum absolute atomic E-state index is 5.65. The molecule has 0 saturated carbocycles. The molecule has 0 N–H and O–H groups in total. The maximum Gasteiger partial charge on any atom is 0.151 e. The van der Waals surface area contributed by atoms with Crippen LogP contribution in [-0.2, 0) is 6.54 Å². The van der Waals surface area contributed by atoms with Gasteiger partial charge in [0.2, 0.25) is 0 Å². The molecule has 0 aliphatic rings. The highest BCUT2D eigenvalue weighted by atomic mass is 35.5. The minimum atomic E-state index is 0.399. The molecule has 0 bridgehead atoms. The molecular formula is C9H9ClN4. The van der Waals surface area contributed by atoms with Crippen molar-refractivity contribution in [1.82, 2.24) is 20.0 Å².